The maximum absolute atomic E-state index is 8.66. The molecule has 0 aliphatic heterocycles. The van der Waals surface area contributed by atoms with Crippen molar-refractivity contribution in [3.63, 3.8) is 0 Å². The fourth-order valence-electron chi connectivity index (χ4n) is 0.409. The van der Waals surface area contributed by atoms with Crippen LogP contribution in [0.4, 0.5) is 0 Å². The number of aromatic amines is 1. The Kier molecular flexibility index (Phi) is 1.04. The van der Waals surface area contributed by atoms with Gasteiger partial charge in [0.15, 0.2) is 0 Å². The van der Waals surface area contributed by atoms with Gasteiger partial charge in [0.2, 0.25) is 0 Å². The monoisotopic (exact) mass is 110 g/mol. The molecule has 0 aliphatic carbocycles. The first-order chi connectivity index (χ1) is 3.80. The van der Waals surface area contributed by atoms with Crippen molar-refractivity contribution in [3.05, 3.63) is 24.5 Å². The molecule has 2 N–H and O–H groups in total. The Labute approximate surface area is 46.7 Å². The summed E-state index contributed by atoms with van der Waals surface area (Å²) in [7, 11) is 0. The van der Waals surface area contributed by atoms with Crippen LogP contribution in [0.5, 0.6) is 0 Å². The summed E-state index contributed by atoms with van der Waals surface area (Å²) in [4.78, 5) is 0. The minimum atomic E-state index is 0.0405. The van der Waals surface area contributed by atoms with Crippen LogP contribution in [0.1, 0.15) is 5.56 Å². The predicted molar refractivity (Wildman–Crippen MR) is 30.3 cm³/mol. The summed E-state index contributed by atoms with van der Waals surface area (Å²) < 4.78 is 0. The van der Waals surface area contributed by atoms with E-state index in [1.54, 1.807) is 6.20 Å². The summed E-state index contributed by atoms with van der Waals surface area (Å²) in [6.45, 7) is 3.29. The number of hydrogen-bond acceptors (Lipinski definition) is 2. The fraction of sp³-hybridized carbons (Fsp3) is 0. The normalized spacial score (nSPS) is 9.00. The highest BCUT2D eigenvalue weighted by molar-refractivity contribution is 5.53. The number of aromatic nitrogens is 2. The molecule has 8 heavy (non-hydrogen) atoms. The number of rotatable bonds is 1. The SMILES string of the molecule is C=C(O)c1cn[nH]c1. The van der Waals surface area contributed by atoms with Crippen molar-refractivity contribution in [1.82, 2.24) is 10.2 Å². The highest BCUT2D eigenvalue weighted by Gasteiger charge is 1.92. The van der Waals surface area contributed by atoms with E-state index in [0.29, 0.717) is 5.56 Å². The molecular weight excluding hydrogens is 104 g/mol. The van der Waals surface area contributed by atoms with Crippen molar-refractivity contribution in [1.29, 1.82) is 0 Å². The molecule has 3 nitrogen and oxygen atoms in total. The minimum Gasteiger partial charge on any atom is -0.508 e. The first-order valence-corrected chi connectivity index (χ1v) is 2.17. The quantitative estimate of drug-likeness (QED) is 0.528. The lowest BCUT2D eigenvalue weighted by atomic mass is 10.3. The lowest BCUT2D eigenvalue weighted by Gasteiger charge is -1.84. The smallest absolute Gasteiger partial charge is 0.118 e. The van der Waals surface area contributed by atoms with Gasteiger partial charge in [-0.05, 0) is 0 Å². The minimum absolute atomic E-state index is 0.0405. The lowest BCUT2D eigenvalue weighted by molar-refractivity contribution is 0.514. The Balaban J connectivity index is 2.93. The van der Waals surface area contributed by atoms with Crippen molar-refractivity contribution >= 4 is 5.76 Å². The van der Waals surface area contributed by atoms with Crippen LogP contribution in [0.2, 0.25) is 0 Å². The van der Waals surface area contributed by atoms with E-state index in [2.05, 4.69) is 16.8 Å². The van der Waals surface area contributed by atoms with Crippen LogP contribution < -0.4 is 0 Å². The Hall–Kier alpha value is -1.25. The maximum Gasteiger partial charge on any atom is 0.118 e. The third-order valence-electron chi connectivity index (χ3n) is 0.831. The summed E-state index contributed by atoms with van der Waals surface area (Å²) in [5, 5.41) is 14.8. The first-order valence-electron chi connectivity index (χ1n) is 2.17. The van der Waals surface area contributed by atoms with Gasteiger partial charge in [-0.25, -0.2) is 0 Å². The van der Waals surface area contributed by atoms with Gasteiger partial charge < -0.3 is 5.11 Å². The lowest BCUT2D eigenvalue weighted by Crippen LogP contribution is -1.71. The number of aliphatic hydroxyl groups excluding tert-OH is 1. The number of H-pyrrole nitrogens is 1. The molecule has 3 heteroatoms. The van der Waals surface area contributed by atoms with Gasteiger partial charge in [0.05, 0.1) is 11.8 Å². The second-order valence-corrected chi connectivity index (χ2v) is 1.43. The average molecular weight is 110 g/mol. The molecule has 42 valence electrons. The summed E-state index contributed by atoms with van der Waals surface area (Å²) >= 11 is 0. The molecule has 0 saturated carbocycles. The van der Waals surface area contributed by atoms with Crippen LogP contribution >= 0.6 is 0 Å². The Morgan fingerprint density at radius 1 is 1.88 bits per heavy atom. The van der Waals surface area contributed by atoms with Gasteiger partial charge in [-0.15, -0.1) is 0 Å². The summed E-state index contributed by atoms with van der Waals surface area (Å²) in [6.07, 6.45) is 3.07. The van der Waals surface area contributed by atoms with Crippen LogP contribution in [-0.2, 0) is 0 Å². The Morgan fingerprint density at radius 3 is 2.88 bits per heavy atom. The second kappa shape index (κ2) is 1.69. The summed E-state index contributed by atoms with van der Waals surface area (Å²) in [5.74, 6) is 0.0405. The van der Waals surface area contributed by atoms with E-state index in [0.717, 1.165) is 0 Å². The van der Waals surface area contributed by atoms with Gasteiger partial charge in [0.1, 0.15) is 5.76 Å². The molecule has 0 atom stereocenters. The van der Waals surface area contributed by atoms with E-state index in [4.69, 9.17) is 5.11 Å². The van der Waals surface area contributed by atoms with E-state index in [1.165, 1.54) is 6.20 Å². The zero-order valence-corrected chi connectivity index (χ0v) is 4.26. The summed E-state index contributed by atoms with van der Waals surface area (Å²) in [6, 6.07) is 0. The first kappa shape index (κ1) is 4.90. The Bertz CT molecular complexity index is 178. The van der Waals surface area contributed by atoms with Gasteiger partial charge in [-0.1, -0.05) is 6.58 Å². The molecule has 0 spiro atoms. The van der Waals surface area contributed by atoms with Crippen molar-refractivity contribution in [3.8, 4) is 0 Å². The second-order valence-electron chi connectivity index (χ2n) is 1.43. The van der Waals surface area contributed by atoms with E-state index in [1.807, 2.05) is 0 Å². The zero-order valence-electron chi connectivity index (χ0n) is 4.26. The summed E-state index contributed by atoms with van der Waals surface area (Å²) in [5.41, 5.74) is 0.630. The highest BCUT2D eigenvalue weighted by atomic mass is 16.3. The molecule has 1 aromatic rings. The van der Waals surface area contributed by atoms with Crippen LogP contribution in [0, 0.1) is 0 Å². The van der Waals surface area contributed by atoms with Crippen LogP contribution in [0.15, 0.2) is 19.0 Å². The number of hydrogen-bond donors (Lipinski definition) is 2. The van der Waals surface area contributed by atoms with Crippen LogP contribution in [-0.4, -0.2) is 15.3 Å². The average Bonchev–Trinajstić information content (AvgIpc) is 2.12. The Morgan fingerprint density at radius 2 is 2.62 bits per heavy atom. The van der Waals surface area contributed by atoms with E-state index in [-0.39, 0.29) is 5.76 Å². The van der Waals surface area contributed by atoms with Crippen LogP contribution in [0.3, 0.4) is 0 Å². The molecule has 0 amide bonds. The van der Waals surface area contributed by atoms with Crippen molar-refractivity contribution in [2.24, 2.45) is 0 Å². The maximum atomic E-state index is 8.66. The predicted octanol–water partition coefficient (Wildman–Crippen LogP) is 0.938. The molecule has 0 radical (unpaired) electrons. The standard InChI is InChI=1S/C5H6N2O/c1-4(8)5-2-6-7-3-5/h2-3,8H,1H2,(H,6,7). The molecule has 1 heterocycles. The molecule has 0 aliphatic rings. The van der Waals surface area contributed by atoms with Crippen LogP contribution in [0.25, 0.3) is 5.76 Å². The van der Waals surface area contributed by atoms with Crippen molar-refractivity contribution in [2.75, 3.05) is 0 Å². The zero-order chi connectivity index (χ0) is 5.98. The van der Waals surface area contributed by atoms with Gasteiger partial charge in [-0.3, -0.25) is 5.10 Å². The molecular formula is C5H6N2O. The largest absolute Gasteiger partial charge is 0.508 e. The molecule has 1 rings (SSSR count). The van der Waals surface area contributed by atoms with E-state index in [9.17, 15) is 0 Å². The third-order valence-corrected chi connectivity index (χ3v) is 0.831. The molecule has 0 bridgehead atoms. The van der Waals surface area contributed by atoms with E-state index >= 15 is 0 Å². The van der Waals surface area contributed by atoms with Gasteiger partial charge in [-0.2, -0.15) is 5.10 Å². The number of nitrogens with zero attached hydrogens (tertiary/aromatic N) is 1. The van der Waals surface area contributed by atoms with Gasteiger partial charge in [0.25, 0.3) is 0 Å². The topological polar surface area (TPSA) is 48.9 Å². The molecule has 0 unspecified atom stereocenters. The number of nitrogens with one attached hydrogen (secondary N) is 1. The fourth-order valence-corrected chi connectivity index (χ4v) is 0.409. The number of aliphatic hydroxyl groups is 1. The molecule has 0 aromatic carbocycles. The third kappa shape index (κ3) is 0.703. The highest BCUT2D eigenvalue weighted by Crippen LogP contribution is 2.02. The van der Waals surface area contributed by atoms with E-state index < -0.39 is 0 Å². The van der Waals surface area contributed by atoms with Crippen molar-refractivity contribution in [2.45, 2.75) is 0 Å². The molecule has 0 saturated heterocycles. The molecule has 0 fully saturated rings. The molecule has 1 aromatic heterocycles. The van der Waals surface area contributed by atoms with Gasteiger partial charge >= 0.3 is 0 Å². The van der Waals surface area contributed by atoms with Gasteiger partial charge in [0, 0.05) is 6.20 Å². The van der Waals surface area contributed by atoms with Crippen molar-refractivity contribution < 1.29 is 5.11 Å².